The second kappa shape index (κ2) is 4.27. The third-order valence-electron chi connectivity index (χ3n) is 0.941. The van der Waals surface area contributed by atoms with Crippen molar-refractivity contribution in [3.63, 3.8) is 0 Å². The molecule has 0 saturated carbocycles. The molecule has 0 spiro atoms. The Balaban J connectivity index is 0. The van der Waals surface area contributed by atoms with Gasteiger partial charge >= 0.3 is 29.6 Å². The maximum atomic E-state index is 10.6. The first kappa shape index (κ1) is 10.3. The summed E-state index contributed by atoms with van der Waals surface area (Å²) in [4.78, 5) is 26.7. The van der Waals surface area contributed by atoms with Gasteiger partial charge in [0.05, 0.1) is 0 Å². The molecule has 0 unspecified atom stereocenters. The Morgan fingerprint density at radius 2 is 2.36 bits per heavy atom. The topological polar surface area (TPSA) is 88.8 Å². The number of hydrogen-bond donors (Lipinski definition) is 2. The van der Waals surface area contributed by atoms with Crippen LogP contribution in [0.3, 0.4) is 0 Å². The number of primary amides is 1. The van der Waals surface area contributed by atoms with Gasteiger partial charge in [-0.2, -0.15) is 0 Å². The minimum Gasteiger partial charge on any atom is -1.00 e. The number of H-pyrrole nitrogens is 1. The monoisotopic (exact) mass is 163 g/mol. The SMILES string of the molecule is NC(=O)c1ncc[nH]c1=O.[H-].[Na+]. The van der Waals surface area contributed by atoms with E-state index in [0.29, 0.717) is 0 Å². The summed E-state index contributed by atoms with van der Waals surface area (Å²) >= 11 is 0. The van der Waals surface area contributed by atoms with Gasteiger partial charge in [-0.05, 0) is 0 Å². The summed E-state index contributed by atoms with van der Waals surface area (Å²) in [6, 6.07) is 0. The molecule has 0 atom stereocenters. The van der Waals surface area contributed by atoms with E-state index in [1.165, 1.54) is 12.4 Å². The summed E-state index contributed by atoms with van der Waals surface area (Å²) in [6.07, 6.45) is 2.62. The summed E-state index contributed by atoms with van der Waals surface area (Å²) in [5.41, 5.74) is 3.97. The average Bonchev–Trinajstić information content (AvgIpc) is 1.88. The number of carbonyl (C=O) groups is 1. The molecule has 0 fully saturated rings. The van der Waals surface area contributed by atoms with Crippen LogP contribution in [0.5, 0.6) is 0 Å². The number of nitrogens with two attached hydrogens (primary N) is 1. The summed E-state index contributed by atoms with van der Waals surface area (Å²) in [6.45, 7) is 0. The van der Waals surface area contributed by atoms with Crippen LogP contribution >= 0.6 is 0 Å². The molecule has 6 heteroatoms. The van der Waals surface area contributed by atoms with E-state index >= 15 is 0 Å². The Kier molecular flexibility index (Phi) is 4.02. The first-order chi connectivity index (χ1) is 4.72. The first-order valence-corrected chi connectivity index (χ1v) is 2.55. The molecule has 3 N–H and O–H groups in total. The van der Waals surface area contributed by atoms with Crippen LogP contribution in [-0.4, -0.2) is 15.9 Å². The maximum absolute atomic E-state index is 10.6. The largest absolute Gasteiger partial charge is 1.00 e. The number of aromatic nitrogens is 2. The maximum Gasteiger partial charge on any atom is 1.00 e. The van der Waals surface area contributed by atoms with E-state index in [1.54, 1.807) is 0 Å². The quantitative estimate of drug-likeness (QED) is 0.413. The molecule has 1 aromatic heterocycles. The molecule has 1 heterocycles. The zero-order valence-corrected chi connectivity index (χ0v) is 8.00. The van der Waals surface area contributed by atoms with Crippen molar-refractivity contribution in [2.45, 2.75) is 0 Å². The van der Waals surface area contributed by atoms with Crippen LogP contribution in [0, 0.1) is 0 Å². The van der Waals surface area contributed by atoms with Crippen LogP contribution in [0.2, 0.25) is 0 Å². The predicted octanol–water partition coefficient (Wildman–Crippen LogP) is -4.01. The Morgan fingerprint density at radius 1 is 1.73 bits per heavy atom. The van der Waals surface area contributed by atoms with E-state index in [4.69, 9.17) is 5.73 Å². The molecular weight excluding hydrogens is 157 g/mol. The van der Waals surface area contributed by atoms with Crippen molar-refractivity contribution in [2.75, 3.05) is 0 Å². The van der Waals surface area contributed by atoms with Crippen molar-refractivity contribution in [2.24, 2.45) is 5.73 Å². The van der Waals surface area contributed by atoms with E-state index in [9.17, 15) is 9.59 Å². The molecule has 1 rings (SSSR count). The molecule has 1 amide bonds. The van der Waals surface area contributed by atoms with E-state index in [1.807, 2.05) is 0 Å². The Morgan fingerprint density at radius 3 is 2.73 bits per heavy atom. The number of nitrogens with zero attached hydrogens (tertiary/aromatic N) is 1. The van der Waals surface area contributed by atoms with Crippen LogP contribution in [0.4, 0.5) is 0 Å². The Bertz CT molecular complexity index is 314. The molecule has 54 valence electrons. The molecule has 0 aliphatic rings. The second-order valence-electron chi connectivity index (χ2n) is 1.63. The van der Waals surface area contributed by atoms with Crippen molar-refractivity contribution in [1.29, 1.82) is 0 Å². The minimum atomic E-state index is -0.818. The summed E-state index contributed by atoms with van der Waals surface area (Å²) in [5, 5.41) is 0. The van der Waals surface area contributed by atoms with Gasteiger partial charge in [-0.25, -0.2) is 4.98 Å². The molecular formula is C5H6N3NaO2. The number of aromatic amines is 1. The average molecular weight is 163 g/mol. The van der Waals surface area contributed by atoms with Crippen molar-refractivity contribution in [3.05, 3.63) is 28.4 Å². The Labute approximate surface area is 85.8 Å². The van der Waals surface area contributed by atoms with Crippen LogP contribution < -0.4 is 40.9 Å². The third kappa shape index (κ3) is 2.45. The van der Waals surface area contributed by atoms with Gasteiger partial charge in [0.1, 0.15) is 0 Å². The van der Waals surface area contributed by atoms with Gasteiger partial charge in [-0.3, -0.25) is 9.59 Å². The Hall–Kier alpha value is -0.650. The normalized spacial score (nSPS) is 8.36. The van der Waals surface area contributed by atoms with Gasteiger partial charge in [-0.15, -0.1) is 0 Å². The number of hydrogen-bond acceptors (Lipinski definition) is 3. The molecule has 11 heavy (non-hydrogen) atoms. The van der Waals surface area contributed by atoms with Gasteiger partial charge in [-0.1, -0.05) is 0 Å². The summed E-state index contributed by atoms with van der Waals surface area (Å²) in [7, 11) is 0. The molecule has 0 aliphatic carbocycles. The number of nitrogens with one attached hydrogen (secondary N) is 1. The van der Waals surface area contributed by atoms with Crippen molar-refractivity contribution in [3.8, 4) is 0 Å². The van der Waals surface area contributed by atoms with Crippen LogP contribution in [0.25, 0.3) is 0 Å². The van der Waals surface area contributed by atoms with Crippen molar-refractivity contribution >= 4 is 5.91 Å². The smallest absolute Gasteiger partial charge is 1.00 e. The van der Waals surface area contributed by atoms with Gasteiger partial charge in [0.15, 0.2) is 5.69 Å². The zero-order valence-electron chi connectivity index (χ0n) is 7.00. The fraction of sp³-hybridized carbons (Fsp3) is 0. The van der Waals surface area contributed by atoms with E-state index in [-0.39, 0.29) is 36.7 Å². The van der Waals surface area contributed by atoms with Crippen molar-refractivity contribution < 1.29 is 35.8 Å². The van der Waals surface area contributed by atoms with Crippen molar-refractivity contribution in [1.82, 2.24) is 9.97 Å². The third-order valence-corrected chi connectivity index (χ3v) is 0.941. The standard InChI is InChI=1S/C5H5N3O2.Na.H/c6-4(9)3-5(10)8-2-1-7-3;;/h1-2H,(H2,6,9)(H,8,10);;/q;+1;-1. The number of rotatable bonds is 1. The van der Waals surface area contributed by atoms with Gasteiger partial charge in [0.25, 0.3) is 11.5 Å². The number of carbonyl (C=O) groups excluding carboxylic acids is 1. The summed E-state index contributed by atoms with van der Waals surface area (Å²) in [5.74, 6) is -0.818. The van der Waals surface area contributed by atoms with Gasteiger partial charge < -0.3 is 12.1 Å². The van der Waals surface area contributed by atoms with E-state index in [0.717, 1.165) is 0 Å². The molecule has 0 aliphatic heterocycles. The van der Waals surface area contributed by atoms with Crippen LogP contribution in [0.15, 0.2) is 17.2 Å². The van der Waals surface area contributed by atoms with Gasteiger partial charge in [0, 0.05) is 12.4 Å². The van der Waals surface area contributed by atoms with Crippen LogP contribution in [-0.2, 0) is 0 Å². The molecule has 0 aromatic carbocycles. The van der Waals surface area contributed by atoms with Crippen LogP contribution in [0.1, 0.15) is 11.9 Å². The van der Waals surface area contributed by atoms with E-state index < -0.39 is 11.5 Å². The predicted molar refractivity (Wildman–Crippen MR) is 34.5 cm³/mol. The minimum absolute atomic E-state index is 0. The van der Waals surface area contributed by atoms with Gasteiger partial charge in [0.2, 0.25) is 0 Å². The summed E-state index contributed by atoms with van der Waals surface area (Å²) < 4.78 is 0. The van der Waals surface area contributed by atoms with E-state index in [2.05, 4.69) is 9.97 Å². The fourth-order valence-electron chi connectivity index (χ4n) is 0.527. The molecule has 5 nitrogen and oxygen atoms in total. The molecule has 1 aromatic rings. The first-order valence-electron chi connectivity index (χ1n) is 2.55. The molecule has 0 bridgehead atoms. The second-order valence-corrected chi connectivity index (χ2v) is 1.63. The number of amides is 1. The fourth-order valence-corrected chi connectivity index (χ4v) is 0.527. The molecule has 0 radical (unpaired) electrons. The molecule has 0 saturated heterocycles. The zero-order chi connectivity index (χ0) is 7.56.